The van der Waals surface area contributed by atoms with E-state index in [4.69, 9.17) is 5.11 Å². The first-order valence-electron chi connectivity index (χ1n) is 4.70. The number of aliphatic hydroxyl groups is 1. The largest absolute Gasteiger partial charge is 0.395 e. The van der Waals surface area contributed by atoms with Crippen LogP contribution in [0.25, 0.3) is 0 Å². The number of aliphatic hydroxyl groups excluding tert-OH is 1. The van der Waals surface area contributed by atoms with Gasteiger partial charge in [-0.25, -0.2) is 4.98 Å². The van der Waals surface area contributed by atoms with Crippen LogP contribution in [0.5, 0.6) is 0 Å². The highest BCUT2D eigenvalue weighted by molar-refractivity contribution is 7.99. The van der Waals surface area contributed by atoms with Crippen LogP contribution in [-0.2, 0) is 4.79 Å². The second kappa shape index (κ2) is 6.29. The maximum absolute atomic E-state index is 11.2. The van der Waals surface area contributed by atoms with Crippen molar-refractivity contribution in [1.82, 2.24) is 15.3 Å². The Balaban J connectivity index is 2.48. The SMILES string of the molecule is Cc1cc(=O)[nH]c(SCC(=O)NCCO)n1. The second-order valence-corrected chi connectivity index (χ2v) is 4.02. The number of nitrogens with zero attached hydrogens (tertiary/aromatic N) is 1. The van der Waals surface area contributed by atoms with E-state index in [-0.39, 0.29) is 30.4 Å². The van der Waals surface area contributed by atoms with E-state index in [2.05, 4.69) is 15.3 Å². The Bertz CT molecular complexity index is 419. The lowest BCUT2D eigenvalue weighted by molar-refractivity contribution is -0.118. The molecular formula is C9H13N3O3S. The first-order chi connectivity index (χ1) is 7.61. The van der Waals surface area contributed by atoms with Gasteiger partial charge in [0.25, 0.3) is 5.56 Å². The molecule has 0 fully saturated rings. The molecule has 1 heterocycles. The fraction of sp³-hybridized carbons (Fsp3) is 0.444. The zero-order chi connectivity index (χ0) is 12.0. The summed E-state index contributed by atoms with van der Waals surface area (Å²) in [6, 6.07) is 1.38. The van der Waals surface area contributed by atoms with Gasteiger partial charge in [0.1, 0.15) is 0 Å². The number of hydrogen-bond acceptors (Lipinski definition) is 5. The number of nitrogens with one attached hydrogen (secondary N) is 2. The lowest BCUT2D eigenvalue weighted by Crippen LogP contribution is -2.28. The number of amides is 1. The van der Waals surface area contributed by atoms with Crippen LogP contribution in [0.15, 0.2) is 16.0 Å². The molecule has 1 rings (SSSR count). The summed E-state index contributed by atoms with van der Waals surface area (Å²) in [5, 5.41) is 11.4. The Kier molecular flexibility index (Phi) is 5.00. The second-order valence-electron chi connectivity index (χ2n) is 3.05. The predicted molar refractivity (Wildman–Crippen MR) is 60.4 cm³/mol. The van der Waals surface area contributed by atoms with E-state index >= 15 is 0 Å². The van der Waals surface area contributed by atoms with Crippen molar-refractivity contribution in [2.75, 3.05) is 18.9 Å². The molecule has 0 saturated heterocycles. The highest BCUT2D eigenvalue weighted by Crippen LogP contribution is 2.09. The summed E-state index contributed by atoms with van der Waals surface area (Å²) >= 11 is 1.15. The summed E-state index contributed by atoms with van der Waals surface area (Å²) in [5.41, 5.74) is 0.382. The number of H-pyrrole nitrogens is 1. The van der Waals surface area contributed by atoms with Crippen molar-refractivity contribution in [2.45, 2.75) is 12.1 Å². The zero-order valence-electron chi connectivity index (χ0n) is 8.82. The minimum absolute atomic E-state index is 0.0874. The van der Waals surface area contributed by atoms with Crippen LogP contribution in [0.1, 0.15) is 5.69 Å². The Morgan fingerprint density at radius 2 is 2.44 bits per heavy atom. The number of carbonyl (C=O) groups is 1. The molecule has 0 aromatic carbocycles. The molecule has 0 aliphatic rings. The molecule has 1 amide bonds. The molecule has 0 spiro atoms. The Hall–Kier alpha value is -1.34. The number of aromatic nitrogens is 2. The number of rotatable bonds is 5. The lowest BCUT2D eigenvalue weighted by atomic mass is 10.5. The molecule has 1 aromatic heterocycles. The van der Waals surface area contributed by atoms with Crippen molar-refractivity contribution in [3.8, 4) is 0 Å². The van der Waals surface area contributed by atoms with Crippen molar-refractivity contribution in [1.29, 1.82) is 0 Å². The first kappa shape index (κ1) is 12.7. The third-order valence-corrected chi connectivity index (χ3v) is 2.50. The lowest BCUT2D eigenvalue weighted by Gasteiger charge is -2.02. The van der Waals surface area contributed by atoms with E-state index in [0.717, 1.165) is 11.8 Å². The average molecular weight is 243 g/mol. The van der Waals surface area contributed by atoms with Gasteiger partial charge in [0.05, 0.1) is 12.4 Å². The number of aromatic amines is 1. The fourth-order valence-corrected chi connectivity index (χ4v) is 1.75. The smallest absolute Gasteiger partial charge is 0.251 e. The molecule has 0 aliphatic heterocycles. The normalized spacial score (nSPS) is 10.1. The Labute approximate surface area is 96.5 Å². The van der Waals surface area contributed by atoms with Gasteiger partial charge >= 0.3 is 0 Å². The molecule has 3 N–H and O–H groups in total. The van der Waals surface area contributed by atoms with Gasteiger partial charge in [0.15, 0.2) is 5.16 Å². The summed E-state index contributed by atoms with van der Waals surface area (Å²) in [6.07, 6.45) is 0. The molecule has 0 bridgehead atoms. The van der Waals surface area contributed by atoms with Crippen molar-refractivity contribution < 1.29 is 9.90 Å². The zero-order valence-corrected chi connectivity index (χ0v) is 9.63. The van der Waals surface area contributed by atoms with E-state index in [1.165, 1.54) is 6.07 Å². The van der Waals surface area contributed by atoms with Gasteiger partial charge in [-0.3, -0.25) is 9.59 Å². The van der Waals surface area contributed by atoms with Gasteiger partial charge in [-0.05, 0) is 6.92 Å². The third-order valence-electron chi connectivity index (χ3n) is 1.62. The molecular weight excluding hydrogens is 230 g/mol. The van der Waals surface area contributed by atoms with Crippen molar-refractivity contribution in [3.63, 3.8) is 0 Å². The minimum atomic E-state index is -0.231. The number of hydrogen-bond donors (Lipinski definition) is 3. The third kappa shape index (κ3) is 4.45. The standard InChI is InChI=1S/C9H13N3O3S/c1-6-4-7(14)12-9(11-6)16-5-8(15)10-2-3-13/h4,13H,2-3,5H2,1H3,(H,10,15)(H,11,12,14). The summed E-state index contributed by atoms with van der Waals surface area (Å²) in [6.45, 7) is 1.86. The van der Waals surface area contributed by atoms with E-state index in [9.17, 15) is 9.59 Å². The molecule has 6 nitrogen and oxygen atoms in total. The molecule has 16 heavy (non-hydrogen) atoms. The molecule has 7 heteroatoms. The van der Waals surface area contributed by atoms with Crippen LogP contribution in [-0.4, -0.2) is 39.9 Å². The van der Waals surface area contributed by atoms with Crippen molar-refractivity contribution in [3.05, 3.63) is 22.1 Å². The maximum atomic E-state index is 11.2. The van der Waals surface area contributed by atoms with Gasteiger partial charge in [-0.15, -0.1) is 0 Å². The highest BCUT2D eigenvalue weighted by Gasteiger charge is 2.04. The van der Waals surface area contributed by atoms with E-state index < -0.39 is 0 Å². The van der Waals surface area contributed by atoms with Crippen LogP contribution < -0.4 is 10.9 Å². The molecule has 0 atom stereocenters. The molecule has 88 valence electrons. The number of thioether (sulfide) groups is 1. The summed E-state index contributed by atoms with van der Waals surface area (Å²) in [4.78, 5) is 28.9. The molecule has 0 unspecified atom stereocenters. The summed E-state index contributed by atoms with van der Waals surface area (Å²) < 4.78 is 0. The topological polar surface area (TPSA) is 95.1 Å². The van der Waals surface area contributed by atoms with E-state index in [0.29, 0.717) is 10.9 Å². The highest BCUT2D eigenvalue weighted by atomic mass is 32.2. The van der Waals surface area contributed by atoms with Gasteiger partial charge in [-0.2, -0.15) is 0 Å². The van der Waals surface area contributed by atoms with Gasteiger partial charge < -0.3 is 15.4 Å². The van der Waals surface area contributed by atoms with Gasteiger partial charge in [-0.1, -0.05) is 11.8 Å². The van der Waals surface area contributed by atoms with Crippen molar-refractivity contribution >= 4 is 17.7 Å². The maximum Gasteiger partial charge on any atom is 0.251 e. The van der Waals surface area contributed by atoms with Gasteiger partial charge in [0.2, 0.25) is 5.91 Å². The van der Waals surface area contributed by atoms with Crippen LogP contribution >= 0.6 is 11.8 Å². The quantitative estimate of drug-likeness (QED) is 0.468. The first-order valence-corrected chi connectivity index (χ1v) is 5.68. The van der Waals surface area contributed by atoms with Crippen LogP contribution in [0.4, 0.5) is 0 Å². The Morgan fingerprint density at radius 1 is 1.69 bits per heavy atom. The van der Waals surface area contributed by atoms with Crippen LogP contribution in [0, 0.1) is 6.92 Å². The minimum Gasteiger partial charge on any atom is -0.395 e. The summed E-state index contributed by atoms with van der Waals surface area (Å²) in [7, 11) is 0. The molecule has 0 radical (unpaired) electrons. The molecule has 0 saturated carbocycles. The molecule has 0 aliphatic carbocycles. The van der Waals surface area contributed by atoms with Gasteiger partial charge in [0, 0.05) is 18.3 Å². The number of aryl methyl sites for hydroxylation is 1. The molecule has 1 aromatic rings. The fourth-order valence-electron chi connectivity index (χ4n) is 1.00. The predicted octanol–water partition coefficient (Wildman–Crippen LogP) is -0.721. The van der Waals surface area contributed by atoms with E-state index in [1.54, 1.807) is 6.92 Å². The Morgan fingerprint density at radius 3 is 3.06 bits per heavy atom. The number of carbonyl (C=O) groups excluding carboxylic acids is 1. The van der Waals surface area contributed by atoms with Crippen molar-refractivity contribution in [2.24, 2.45) is 0 Å². The van der Waals surface area contributed by atoms with E-state index in [1.807, 2.05) is 0 Å². The summed E-state index contributed by atoms with van der Waals surface area (Å²) in [5.74, 6) is -0.0462. The monoisotopic (exact) mass is 243 g/mol. The van der Waals surface area contributed by atoms with Crippen LogP contribution in [0.2, 0.25) is 0 Å². The average Bonchev–Trinajstić information content (AvgIpc) is 2.22. The van der Waals surface area contributed by atoms with Crippen LogP contribution in [0.3, 0.4) is 0 Å².